The maximum atomic E-state index is 14.9. The summed E-state index contributed by atoms with van der Waals surface area (Å²) in [5.41, 5.74) is 0.168. The van der Waals surface area contributed by atoms with Gasteiger partial charge < -0.3 is 15.1 Å². The Labute approximate surface area is 211 Å². The lowest BCUT2D eigenvalue weighted by Gasteiger charge is -2.20. The van der Waals surface area contributed by atoms with Gasteiger partial charge in [-0.3, -0.25) is 9.59 Å². The van der Waals surface area contributed by atoms with Crippen LogP contribution in [0.4, 0.5) is 10.1 Å². The number of likely N-dealkylation sites (N-methyl/N-ethyl adjacent to an activating group) is 2. The number of anilines is 1. The van der Waals surface area contributed by atoms with Crippen LogP contribution in [0.1, 0.15) is 16.8 Å². The molecule has 186 valence electrons. The molecule has 4 rings (SSSR count). The van der Waals surface area contributed by atoms with Crippen LogP contribution in [0.15, 0.2) is 46.7 Å². The lowest BCUT2D eigenvalue weighted by atomic mass is 10.1. The molecule has 2 heterocycles. The standard InChI is InChI=1S/C23H24ClFN4O4S2/c1-26-8-10-28(2)22(30)15-4-6-19(17(25)11-15)29-9-7-18(23(29)31)27-35(32,33)21-12-14-3-5-16(24)13-20(14)34-21/h3-6,11-13,18,26-27H,7-10H2,1-2H3. The van der Waals surface area contributed by atoms with Gasteiger partial charge in [0.1, 0.15) is 16.1 Å². The minimum absolute atomic E-state index is 0.00244. The molecule has 1 aromatic heterocycles. The van der Waals surface area contributed by atoms with E-state index < -0.39 is 27.8 Å². The predicted octanol–water partition coefficient (Wildman–Crippen LogP) is 3.07. The number of nitrogens with zero attached hydrogens (tertiary/aromatic N) is 2. The molecule has 2 N–H and O–H groups in total. The van der Waals surface area contributed by atoms with Crippen LogP contribution in [0.3, 0.4) is 0 Å². The highest BCUT2D eigenvalue weighted by atomic mass is 35.5. The number of rotatable bonds is 8. The van der Waals surface area contributed by atoms with Gasteiger partial charge in [-0.2, -0.15) is 4.72 Å². The predicted molar refractivity (Wildman–Crippen MR) is 135 cm³/mol. The average molecular weight is 539 g/mol. The topological polar surface area (TPSA) is 98.8 Å². The van der Waals surface area contributed by atoms with Crippen molar-refractivity contribution in [2.45, 2.75) is 16.7 Å². The minimum Gasteiger partial charge on any atom is -0.340 e. The highest BCUT2D eigenvalue weighted by Gasteiger charge is 2.37. The number of carbonyl (C=O) groups is 2. The summed E-state index contributed by atoms with van der Waals surface area (Å²) in [6.45, 7) is 1.19. The van der Waals surface area contributed by atoms with Crippen molar-refractivity contribution in [3.8, 4) is 0 Å². The molecule has 8 nitrogen and oxygen atoms in total. The summed E-state index contributed by atoms with van der Waals surface area (Å²) in [5, 5.41) is 4.17. The summed E-state index contributed by atoms with van der Waals surface area (Å²) in [7, 11) is -0.581. The van der Waals surface area contributed by atoms with Crippen LogP contribution in [0.25, 0.3) is 10.1 Å². The first-order valence-electron chi connectivity index (χ1n) is 10.8. The Balaban J connectivity index is 1.48. The molecule has 0 aliphatic carbocycles. The summed E-state index contributed by atoms with van der Waals surface area (Å²) in [5.74, 6) is -1.62. The largest absolute Gasteiger partial charge is 0.340 e. The van der Waals surface area contributed by atoms with Gasteiger partial charge in [0, 0.05) is 42.0 Å². The fourth-order valence-electron chi connectivity index (χ4n) is 3.85. The first-order chi connectivity index (χ1) is 16.6. The van der Waals surface area contributed by atoms with E-state index in [-0.39, 0.29) is 34.3 Å². The Morgan fingerprint density at radius 3 is 2.74 bits per heavy atom. The van der Waals surface area contributed by atoms with Gasteiger partial charge in [0.05, 0.1) is 5.69 Å². The quantitative estimate of drug-likeness (QED) is 0.459. The molecule has 2 aromatic carbocycles. The van der Waals surface area contributed by atoms with Crippen LogP contribution in [-0.4, -0.2) is 64.9 Å². The second kappa shape index (κ2) is 10.2. The Morgan fingerprint density at radius 2 is 2.03 bits per heavy atom. The number of thiophene rings is 1. The molecule has 1 atom stereocenters. The van der Waals surface area contributed by atoms with E-state index in [9.17, 15) is 22.4 Å². The second-order valence-electron chi connectivity index (χ2n) is 8.20. The maximum absolute atomic E-state index is 14.9. The highest BCUT2D eigenvalue weighted by molar-refractivity contribution is 7.91. The molecule has 35 heavy (non-hydrogen) atoms. The first kappa shape index (κ1) is 25.5. The molecule has 0 radical (unpaired) electrons. The Hall–Kier alpha value is -2.57. The van der Waals surface area contributed by atoms with E-state index in [1.165, 1.54) is 28.0 Å². The van der Waals surface area contributed by atoms with Crippen molar-refractivity contribution in [2.75, 3.05) is 38.6 Å². The van der Waals surface area contributed by atoms with Crippen LogP contribution in [0, 0.1) is 5.82 Å². The molecular formula is C23H24ClFN4O4S2. The summed E-state index contributed by atoms with van der Waals surface area (Å²) < 4.78 is 44.0. The van der Waals surface area contributed by atoms with E-state index in [0.29, 0.717) is 22.8 Å². The first-order valence-corrected chi connectivity index (χ1v) is 13.5. The van der Waals surface area contributed by atoms with Crippen molar-refractivity contribution >= 4 is 60.5 Å². The van der Waals surface area contributed by atoms with E-state index in [2.05, 4.69) is 10.0 Å². The molecular weight excluding hydrogens is 515 g/mol. The number of fused-ring (bicyclic) bond motifs is 1. The number of benzene rings is 2. The molecule has 1 aliphatic rings. The number of sulfonamides is 1. The molecule has 3 aromatic rings. The fraction of sp³-hybridized carbons (Fsp3) is 0.304. The minimum atomic E-state index is -3.97. The van der Waals surface area contributed by atoms with Crippen molar-refractivity contribution in [2.24, 2.45) is 0 Å². The van der Waals surface area contributed by atoms with Crippen LogP contribution in [0.5, 0.6) is 0 Å². The zero-order valence-corrected chi connectivity index (χ0v) is 21.4. The molecule has 1 unspecified atom stereocenters. The number of hydrogen-bond donors (Lipinski definition) is 2. The monoisotopic (exact) mass is 538 g/mol. The lowest BCUT2D eigenvalue weighted by Crippen LogP contribution is -2.41. The zero-order valence-electron chi connectivity index (χ0n) is 19.0. The van der Waals surface area contributed by atoms with Crippen molar-refractivity contribution < 1.29 is 22.4 Å². The molecule has 1 saturated heterocycles. The Morgan fingerprint density at radius 1 is 1.26 bits per heavy atom. The third kappa shape index (κ3) is 5.34. The molecule has 2 amide bonds. The van der Waals surface area contributed by atoms with E-state index in [1.807, 2.05) is 0 Å². The van der Waals surface area contributed by atoms with Crippen LogP contribution in [-0.2, 0) is 14.8 Å². The van der Waals surface area contributed by atoms with Crippen molar-refractivity contribution in [1.29, 1.82) is 0 Å². The van der Waals surface area contributed by atoms with Crippen LogP contribution < -0.4 is 14.9 Å². The van der Waals surface area contributed by atoms with E-state index in [1.54, 1.807) is 32.3 Å². The van der Waals surface area contributed by atoms with E-state index in [0.717, 1.165) is 22.8 Å². The van der Waals surface area contributed by atoms with E-state index >= 15 is 0 Å². The van der Waals surface area contributed by atoms with E-state index in [4.69, 9.17) is 11.6 Å². The summed E-state index contributed by atoms with van der Waals surface area (Å²) >= 11 is 7.04. The smallest absolute Gasteiger partial charge is 0.253 e. The SMILES string of the molecule is CNCCN(C)C(=O)c1ccc(N2CCC(NS(=O)(=O)c3cc4ccc(Cl)cc4s3)C2=O)c(F)c1. The van der Waals surface area contributed by atoms with Gasteiger partial charge in [0.25, 0.3) is 15.9 Å². The number of hydrogen-bond acceptors (Lipinski definition) is 6. The zero-order chi connectivity index (χ0) is 25.3. The molecule has 0 saturated carbocycles. The molecule has 12 heteroatoms. The number of nitrogens with one attached hydrogen (secondary N) is 2. The van der Waals surface area contributed by atoms with Gasteiger partial charge in [0.15, 0.2) is 0 Å². The summed E-state index contributed by atoms with van der Waals surface area (Å²) in [4.78, 5) is 28.1. The number of carbonyl (C=O) groups excluding carboxylic acids is 2. The number of amides is 2. The fourth-order valence-corrected chi connectivity index (χ4v) is 6.76. The molecule has 0 bridgehead atoms. The Bertz CT molecular complexity index is 1400. The van der Waals surface area contributed by atoms with Gasteiger partial charge in [0.2, 0.25) is 5.91 Å². The van der Waals surface area contributed by atoms with Crippen LogP contribution in [0.2, 0.25) is 5.02 Å². The average Bonchev–Trinajstić information content (AvgIpc) is 3.40. The summed E-state index contributed by atoms with van der Waals surface area (Å²) in [6.07, 6.45) is 0.182. The Kier molecular flexibility index (Phi) is 7.43. The highest BCUT2D eigenvalue weighted by Crippen LogP contribution is 2.32. The molecule has 1 aliphatic heterocycles. The molecule has 1 fully saturated rings. The van der Waals surface area contributed by atoms with Gasteiger partial charge >= 0.3 is 0 Å². The van der Waals surface area contributed by atoms with Crippen LogP contribution >= 0.6 is 22.9 Å². The maximum Gasteiger partial charge on any atom is 0.253 e. The van der Waals surface area contributed by atoms with Gasteiger partial charge in [-0.1, -0.05) is 17.7 Å². The van der Waals surface area contributed by atoms with Crippen molar-refractivity contribution in [1.82, 2.24) is 14.9 Å². The molecule has 0 spiro atoms. The van der Waals surface area contributed by atoms with Crippen molar-refractivity contribution in [3.63, 3.8) is 0 Å². The summed E-state index contributed by atoms with van der Waals surface area (Å²) in [6, 6.07) is 9.51. The second-order valence-corrected chi connectivity index (χ2v) is 11.7. The number of halogens is 2. The van der Waals surface area contributed by atoms with Gasteiger partial charge in [-0.05, 0) is 55.3 Å². The van der Waals surface area contributed by atoms with Gasteiger partial charge in [-0.25, -0.2) is 12.8 Å². The van der Waals surface area contributed by atoms with Gasteiger partial charge in [-0.15, -0.1) is 11.3 Å². The third-order valence-electron chi connectivity index (χ3n) is 5.76. The lowest BCUT2D eigenvalue weighted by molar-refractivity contribution is -0.118. The third-order valence-corrected chi connectivity index (χ3v) is 9.03. The normalized spacial score (nSPS) is 16.3. The van der Waals surface area contributed by atoms with Crippen molar-refractivity contribution in [3.05, 3.63) is 58.9 Å².